The Kier molecular flexibility index (Phi) is 5.99. The molecule has 2 aromatic carbocycles. The summed E-state index contributed by atoms with van der Waals surface area (Å²) < 4.78 is 5.72. The number of anilines is 1. The van der Waals surface area contributed by atoms with Gasteiger partial charge in [-0.2, -0.15) is 0 Å². The van der Waals surface area contributed by atoms with Crippen molar-refractivity contribution < 1.29 is 14.3 Å². The van der Waals surface area contributed by atoms with Crippen molar-refractivity contribution in [3.8, 4) is 5.75 Å². The predicted octanol–water partition coefficient (Wildman–Crippen LogP) is 2.88. The zero-order valence-electron chi connectivity index (χ0n) is 16.3. The molecular formula is C22H27N3O3. The van der Waals surface area contributed by atoms with Crippen LogP contribution in [0.2, 0.25) is 0 Å². The smallest absolute Gasteiger partial charge is 0.265 e. The van der Waals surface area contributed by atoms with Gasteiger partial charge in [0.15, 0.2) is 6.10 Å². The number of nitrogens with one attached hydrogen (secondary N) is 2. The van der Waals surface area contributed by atoms with Crippen LogP contribution in [0.15, 0.2) is 48.5 Å². The molecule has 6 nitrogen and oxygen atoms in total. The van der Waals surface area contributed by atoms with Crippen LogP contribution in [0.4, 0.5) is 5.69 Å². The van der Waals surface area contributed by atoms with E-state index in [0.717, 1.165) is 24.2 Å². The lowest BCUT2D eigenvalue weighted by molar-refractivity contribution is -0.122. The third kappa shape index (κ3) is 4.17. The SMILES string of the molecule is CCC(CC)(CN)NC(=O)c1cccc(NC(=O)C2Cc3ccccc3O2)c1. The maximum absolute atomic E-state index is 12.7. The van der Waals surface area contributed by atoms with Crippen molar-refractivity contribution in [3.63, 3.8) is 0 Å². The van der Waals surface area contributed by atoms with Crippen molar-refractivity contribution in [2.45, 2.75) is 44.8 Å². The Labute approximate surface area is 165 Å². The molecule has 0 radical (unpaired) electrons. The second-order valence-corrected chi connectivity index (χ2v) is 7.13. The minimum atomic E-state index is -0.569. The number of para-hydroxylation sites is 1. The normalized spacial score (nSPS) is 15.5. The second kappa shape index (κ2) is 8.44. The maximum Gasteiger partial charge on any atom is 0.265 e. The number of benzene rings is 2. The number of fused-ring (bicyclic) bond motifs is 1. The Morgan fingerprint density at radius 3 is 2.57 bits per heavy atom. The molecule has 4 N–H and O–H groups in total. The lowest BCUT2D eigenvalue weighted by Crippen LogP contribution is -2.52. The summed E-state index contributed by atoms with van der Waals surface area (Å²) in [6.07, 6.45) is 1.47. The van der Waals surface area contributed by atoms with Crippen LogP contribution >= 0.6 is 0 Å². The number of ether oxygens (including phenoxy) is 1. The van der Waals surface area contributed by atoms with E-state index in [1.807, 2.05) is 38.1 Å². The fourth-order valence-electron chi connectivity index (χ4n) is 3.37. The molecule has 0 saturated heterocycles. The minimum Gasteiger partial charge on any atom is -0.480 e. The van der Waals surface area contributed by atoms with Crippen LogP contribution in [0.5, 0.6) is 5.75 Å². The number of carbonyl (C=O) groups excluding carboxylic acids is 2. The molecular weight excluding hydrogens is 354 g/mol. The molecule has 0 spiro atoms. The number of hydrogen-bond donors (Lipinski definition) is 3. The summed E-state index contributed by atoms with van der Waals surface area (Å²) in [5.41, 5.74) is 7.51. The van der Waals surface area contributed by atoms with E-state index >= 15 is 0 Å². The first kappa shape index (κ1) is 19.9. The Morgan fingerprint density at radius 2 is 1.89 bits per heavy atom. The van der Waals surface area contributed by atoms with Crippen molar-refractivity contribution in [3.05, 3.63) is 59.7 Å². The van der Waals surface area contributed by atoms with Crippen molar-refractivity contribution in [2.24, 2.45) is 5.73 Å². The van der Waals surface area contributed by atoms with Gasteiger partial charge in [-0.15, -0.1) is 0 Å². The van der Waals surface area contributed by atoms with Crippen LogP contribution in [0.3, 0.4) is 0 Å². The molecule has 3 rings (SSSR count). The van der Waals surface area contributed by atoms with Gasteiger partial charge in [0.05, 0.1) is 5.54 Å². The van der Waals surface area contributed by atoms with E-state index in [4.69, 9.17) is 10.5 Å². The zero-order chi connectivity index (χ0) is 20.1. The molecule has 148 valence electrons. The zero-order valence-corrected chi connectivity index (χ0v) is 16.3. The number of amides is 2. The average molecular weight is 381 g/mol. The van der Waals surface area contributed by atoms with Gasteiger partial charge in [-0.3, -0.25) is 9.59 Å². The van der Waals surface area contributed by atoms with E-state index in [9.17, 15) is 9.59 Å². The van der Waals surface area contributed by atoms with Crippen molar-refractivity contribution in [2.75, 3.05) is 11.9 Å². The Morgan fingerprint density at radius 1 is 1.14 bits per heavy atom. The highest BCUT2D eigenvalue weighted by Gasteiger charge is 2.29. The van der Waals surface area contributed by atoms with Crippen molar-refractivity contribution in [1.29, 1.82) is 0 Å². The molecule has 1 heterocycles. The van der Waals surface area contributed by atoms with E-state index in [1.165, 1.54) is 0 Å². The van der Waals surface area contributed by atoms with Crippen LogP contribution in [-0.4, -0.2) is 30.0 Å². The first-order valence-corrected chi connectivity index (χ1v) is 9.68. The van der Waals surface area contributed by atoms with Gasteiger partial charge >= 0.3 is 0 Å². The lowest BCUT2D eigenvalue weighted by atomic mass is 9.92. The topological polar surface area (TPSA) is 93.5 Å². The summed E-state index contributed by atoms with van der Waals surface area (Å²) in [4.78, 5) is 25.3. The standard InChI is InChI=1S/C22H27N3O3/c1-3-22(4-2,14-23)25-20(26)16-9-7-10-17(12-16)24-21(27)19-13-15-8-5-6-11-18(15)28-19/h5-12,19H,3-4,13-14,23H2,1-2H3,(H,24,27)(H,25,26). The van der Waals surface area contributed by atoms with Crippen molar-refractivity contribution in [1.82, 2.24) is 5.32 Å². The maximum atomic E-state index is 12.7. The van der Waals surface area contributed by atoms with E-state index in [-0.39, 0.29) is 11.8 Å². The third-order valence-corrected chi connectivity index (χ3v) is 5.45. The molecule has 28 heavy (non-hydrogen) atoms. The van der Waals surface area contributed by atoms with Gasteiger partial charge in [-0.1, -0.05) is 38.1 Å². The summed E-state index contributed by atoms with van der Waals surface area (Å²) in [6, 6.07) is 14.5. The highest BCUT2D eigenvalue weighted by molar-refractivity contribution is 5.99. The lowest BCUT2D eigenvalue weighted by Gasteiger charge is -2.31. The highest BCUT2D eigenvalue weighted by Crippen LogP contribution is 2.28. The summed E-state index contributed by atoms with van der Waals surface area (Å²) >= 11 is 0. The molecule has 1 aliphatic heterocycles. The van der Waals surface area contributed by atoms with Gasteiger partial charge in [0, 0.05) is 24.2 Å². The average Bonchev–Trinajstić information content (AvgIpc) is 3.17. The first-order chi connectivity index (χ1) is 13.5. The van der Waals surface area contributed by atoms with Crippen LogP contribution in [0.25, 0.3) is 0 Å². The molecule has 1 aliphatic rings. The molecule has 0 aliphatic carbocycles. The molecule has 1 unspecified atom stereocenters. The van der Waals surface area contributed by atoms with Gasteiger partial charge < -0.3 is 21.1 Å². The third-order valence-electron chi connectivity index (χ3n) is 5.45. The van der Waals surface area contributed by atoms with Crippen LogP contribution in [0, 0.1) is 0 Å². The number of rotatable bonds is 7. The van der Waals surface area contributed by atoms with E-state index in [2.05, 4.69) is 10.6 Å². The Hall–Kier alpha value is -2.86. The van der Waals surface area contributed by atoms with E-state index in [0.29, 0.717) is 24.2 Å². The Balaban J connectivity index is 1.67. The van der Waals surface area contributed by atoms with Crippen LogP contribution in [0.1, 0.15) is 42.6 Å². The summed E-state index contributed by atoms with van der Waals surface area (Å²) in [5.74, 6) is 0.315. The van der Waals surface area contributed by atoms with Crippen molar-refractivity contribution >= 4 is 17.5 Å². The van der Waals surface area contributed by atoms with Gasteiger partial charge in [0.1, 0.15) is 5.75 Å². The van der Waals surface area contributed by atoms with Gasteiger partial charge in [-0.25, -0.2) is 0 Å². The molecule has 6 heteroatoms. The molecule has 0 fully saturated rings. The summed E-state index contributed by atoms with van der Waals surface area (Å²) in [5, 5.41) is 5.89. The number of nitrogens with two attached hydrogens (primary N) is 1. The predicted molar refractivity (Wildman–Crippen MR) is 109 cm³/mol. The first-order valence-electron chi connectivity index (χ1n) is 9.68. The molecule has 1 atom stereocenters. The van der Waals surface area contributed by atoms with Gasteiger partial charge in [0.2, 0.25) is 0 Å². The minimum absolute atomic E-state index is 0.199. The summed E-state index contributed by atoms with van der Waals surface area (Å²) in [6.45, 7) is 4.39. The number of carbonyl (C=O) groups is 2. The fourth-order valence-corrected chi connectivity index (χ4v) is 3.37. The Bertz CT molecular complexity index is 828. The molecule has 0 saturated carbocycles. The largest absolute Gasteiger partial charge is 0.480 e. The fraction of sp³-hybridized carbons (Fsp3) is 0.364. The quantitative estimate of drug-likeness (QED) is 0.687. The van der Waals surface area contributed by atoms with Gasteiger partial charge in [0.25, 0.3) is 11.8 Å². The molecule has 0 bridgehead atoms. The van der Waals surface area contributed by atoms with Crippen LogP contribution < -0.4 is 21.1 Å². The van der Waals surface area contributed by atoms with Crippen LogP contribution in [-0.2, 0) is 11.2 Å². The van der Waals surface area contributed by atoms with Gasteiger partial charge in [-0.05, 0) is 42.7 Å². The molecule has 0 aromatic heterocycles. The molecule has 2 aromatic rings. The molecule has 2 amide bonds. The van der Waals surface area contributed by atoms with E-state index in [1.54, 1.807) is 24.3 Å². The monoisotopic (exact) mass is 381 g/mol. The highest BCUT2D eigenvalue weighted by atomic mass is 16.5. The number of hydrogen-bond acceptors (Lipinski definition) is 4. The summed E-state index contributed by atoms with van der Waals surface area (Å²) in [7, 11) is 0. The second-order valence-electron chi connectivity index (χ2n) is 7.13. The van der Waals surface area contributed by atoms with E-state index < -0.39 is 11.6 Å².